The molecule has 5 heteroatoms. The second-order valence-electron chi connectivity index (χ2n) is 4.79. The molecule has 1 nitrogen and oxygen atoms in total. The smallest absolute Gasteiger partial charge is 0.137 e. The van der Waals surface area contributed by atoms with Gasteiger partial charge in [0.1, 0.15) is 17.5 Å². The van der Waals surface area contributed by atoms with Gasteiger partial charge in [0.2, 0.25) is 0 Å². The summed E-state index contributed by atoms with van der Waals surface area (Å²) in [5.41, 5.74) is 0.954. The minimum Gasteiger partial charge on any atom is -0.306 e. The van der Waals surface area contributed by atoms with E-state index in [1.807, 2.05) is 6.92 Å². The lowest BCUT2D eigenvalue weighted by Gasteiger charge is -2.20. The highest BCUT2D eigenvalue weighted by Gasteiger charge is 2.20. The molecular weight excluding hydrogens is 343 g/mol. The summed E-state index contributed by atoms with van der Waals surface area (Å²) in [6.45, 7) is 3.89. The minimum atomic E-state index is -0.604. The van der Waals surface area contributed by atoms with Crippen molar-refractivity contribution in [2.75, 3.05) is 6.54 Å². The Morgan fingerprint density at radius 1 is 1.05 bits per heavy atom. The number of nitrogens with one attached hydrogen (secondary N) is 1. The van der Waals surface area contributed by atoms with Crippen molar-refractivity contribution >= 4 is 15.9 Å². The summed E-state index contributed by atoms with van der Waals surface area (Å²) in [5.74, 6) is -1.43. The van der Waals surface area contributed by atoms with E-state index in [0.29, 0.717) is 16.6 Å². The summed E-state index contributed by atoms with van der Waals surface area (Å²) < 4.78 is 41.9. The van der Waals surface area contributed by atoms with Crippen molar-refractivity contribution in [3.8, 4) is 0 Å². The molecule has 1 atom stereocenters. The van der Waals surface area contributed by atoms with E-state index in [2.05, 4.69) is 21.2 Å². The lowest BCUT2D eigenvalue weighted by atomic mass is 9.96. The Morgan fingerprint density at radius 2 is 1.76 bits per heavy atom. The molecule has 0 aliphatic rings. The summed E-state index contributed by atoms with van der Waals surface area (Å²) in [5, 5.41) is 3.06. The van der Waals surface area contributed by atoms with E-state index < -0.39 is 23.5 Å². The summed E-state index contributed by atoms with van der Waals surface area (Å²) in [6.07, 6.45) is 0. The molecule has 2 aromatic rings. The van der Waals surface area contributed by atoms with Crippen LogP contribution in [0.3, 0.4) is 0 Å². The zero-order valence-corrected chi connectivity index (χ0v) is 13.3. The van der Waals surface area contributed by atoms with Gasteiger partial charge >= 0.3 is 0 Å². The summed E-state index contributed by atoms with van der Waals surface area (Å²) >= 11 is 3.08. The molecule has 2 rings (SSSR count). The van der Waals surface area contributed by atoms with Crippen LogP contribution >= 0.6 is 15.9 Å². The molecular formula is C16H15BrF3N. The van der Waals surface area contributed by atoms with Gasteiger partial charge in [-0.05, 0) is 64.8 Å². The van der Waals surface area contributed by atoms with Gasteiger partial charge in [0.05, 0.1) is 10.5 Å². The fourth-order valence-electron chi connectivity index (χ4n) is 2.19. The monoisotopic (exact) mass is 357 g/mol. The molecule has 0 aliphatic carbocycles. The highest BCUT2D eigenvalue weighted by molar-refractivity contribution is 9.10. The number of benzene rings is 2. The van der Waals surface area contributed by atoms with Crippen molar-refractivity contribution in [2.24, 2.45) is 0 Å². The molecule has 0 saturated heterocycles. The topological polar surface area (TPSA) is 12.0 Å². The van der Waals surface area contributed by atoms with Gasteiger partial charge in [0, 0.05) is 5.56 Å². The van der Waals surface area contributed by atoms with Crippen molar-refractivity contribution in [2.45, 2.75) is 19.9 Å². The normalized spacial score (nSPS) is 12.5. The SMILES string of the molecule is CCNC(c1ccc(Br)c(F)c1)c1cc(F)c(C)cc1F. The van der Waals surface area contributed by atoms with Crippen LogP contribution in [0.2, 0.25) is 0 Å². The number of aryl methyl sites for hydroxylation is 1. The molecule has 0 amide bonds. The van der Waals surface area contributed by atoms with E-state index in [1.165, 1.54) is 13.0 Å². The lowest BCUT2D eigenvalue weighted by molar-refractivity contribution is 0.538. The van der Waals surface area contributed by atoms with Crippen LogP contribution in [-0.2, 0) is 0 Å². The van der Waals surface area contributed by atoms with Gasteiger partial charge in [-0.2, -0.15) is 0 Å². The summed E-state index contributed by atoms with van der Waals surface area (Å²) in [6, 6.07) is 6.26. The van der Waals surface area contributed by atoms with Crippen LogP contribution in [0.15, 0.2) is 34.8 Å². The largest absolute Gasteiger partial charge is 0.306 e. The molecule has 0 spiro atoms. The second-order valence-corrected chi connectivity index (χ2v) is 5.64. The molecule has 0 radical (unpaired) electrons. The molecule has 0 bridgehead atoms. The number of rotatable bonds is 4. The average molecular weight is 358 g/mol. The highest BCUT2D eigenvalue weighted by Crippen LogP contribution is 2.28. The third-order valence-electron chi connectivity index (χ3n) is 3.27. The molecule has 1 N–H and O–H groups in total. The first-order valence-electron chi connectivity index (χ1n) is 6.58. The molecule has 2 aromatic carbocycles. The molecule has 21 heavy (non-hydrogen) atoms. The van der Waals surface area contributed by atoms with Crippen LogP contribution in [0.1, 0.15) is 29.7 Å². The second kappa shape index (κ2) is 6.62. The Bertz CT molecular complexity index is 658. The van der Waals surface area contributed by atoms with Crippen LogP contribution < -0.4 is 5.32 Å². The van der Waals surface area contributed by atoms with Crippen LogP contribution in [0, 0.1) is 24.4 Å². The quantitative estimate of drug-likeness (QED) is 0.822. The first kappa shape index (κ1) is 16.0. The number of hydrogen-bond acceptors (Lipinski definition) is 1. The first-order valence-corrected chi connectivity index (χ1v) is 7.37. The number of hydrogen-bond donors (Lipinski definition) is 1. The van der Waals surface area contributed by atoms with Crippen LogP contribution in [-0.4, -0.2) is 6.54 Å². The third kappa shape index (κ3) is 3.47. The average Bonchev–Trinajstić information content (AvgIpc) is 2.44. The first-order chi connectivity index (χ1) is 9.93. The molecule has 0 aromatic heterocycles. The Labute approximate surface area is 130 Å². The zero-order chi connectivity index (χ0) is 15.6. The van der Waals surface area contributed by atoms with E-state index >= 15 is 0 Å². The van der Waals surface area contributed by atoms with E-state index in [0.717, 1.165) is 12.1 Å². The van der Waals surface area contributed by atoms with Crippen molar-refractivity contribution in [3.63, 3.8) is 0 Å². The zero-order valence-electron chi connectivity index (χ0n) is 11.7. The Hall–Kier alpha value is -1.33. The van der Waals surface area contributed by atoms with E-state index in [-0.39, 0.29) is 11.1 Å². The maximum Gasteiger partial charge on any atom is 0.137 e. The Kier molecular flexibility index (Phi) is 5.06. The van der Waals surface area contributed by atoms with Gasteiger partial charge in [-0.1, -0.05) is 13.0 Å². The van der Waals surface area contributed by atoms with Gasteiger partial charge in [0.25, 0.3) is 0 Å². The van der Waals surface area contributed by atoms with Crippen molar-refractivity contribution in [3.05, 3.63) is 68.9 Å². The predicted octanol–water partition coefficient (Wildman–Crippen LogP) is 4.87. The summed E-state index contributed by atoms with van der Waals surface area (Å²) in [7, 11) is 0. The van der Waals surface area contributed by atoms with Gasteiger partial charge < -0.3 is 5.32 Å². The fourth-order valence-corrected chi connectivity index (χ4v) is 2.43. The van der Waals surface area contributed by atoms with E-state index in [9.17, 15) is 13.2 Å². The van der Waals surface area contributed by atoms with Gasteiger partial charge in [-0.15, -0.1) is 0 Å². The maximum atomic E-state index is 14.2. The van der Waals surface area contributed by atoms with Gasteiger partial charge in [-0.25, -0.2) is 13.2 Å². The molecule has 0 fully saturated rings. The predicted molar refractivity (Wildman–Crippen MR) is 80.7 cm³/mol. The molecule has 0 saturated carbocycles. The lowest BCUT2D eigenvalue weighted by Crippen LogP contribution is -2.23. The molecule has 1 unspecified atom stereocenters. The summed E-state index contributed by atoms with van der Waals surface area (Å²) in [4.78, 5) is 0. The Morgan fingerprint density at radius 3 is 2.38 bits per heavy atom. The van der Waals surface area contributed by atoms with Crippen molar-refractivity contribution in [1.29, 1.82) is 0 Å². The van der Waals surface area contributed by atoms with Crippen LogP contribution in [0.25, 0.3) is 0 Å². The van der Waals surface area contributed by atoms with Crippen LogP contribution in [0.4, 0.5) is 13.2 Å². The Balaban J connectivity index is 2.52. The minimum absolute atomic E-state index is 0.168. The van der Waals surface area contributed by atoms with Crippen molar-refractivity contribution < 1.29 is 13.2 Å². The molecule has 0 heterocycles. The fraction of sp³-hybridized carbons (Fsp3) is 0.250. The van der Waals surface area contributed by atoms with Gasteiger partial charge in [-0.3, -0.25) is 0 Å². The standard InChI is InChI=1S/C16H15BrF3N/c1-3-21-16(10-4-5-12(17)15(20)7-10)11-8-13(18)9(2)6-14(11)19/h4-8,16,21H,3H2,1-2H3. The van der Waals surface area contributed by atoms with Crippen molar-refractivity contribution in [1.82, 2.24) is 5.32 Å². The maximum absolute atomic E-state index is 14.2. The molecule has 0 aliphatic heterocycles. The van der Waals surface area contributed by atoms with Gasteiger partial charge in [0.15, 0.2) is 0 Å². The van der Waals surface area contributed by atoms with E-state index in [1.54, 1.807) is 12.1 Å². The third-order valence-corrected chi connectivity index (χ3v) is 3.92. The number of halogens is 4. The molecule has 112 valence electrons. The highest BCUT2D eigenvalue weighted by atomic mass is 79.9. The van der Waals surface area contributed by atoms with Crippen LogP contribution in [0.5, 0.6) is 0 Å². The van der Waals surface area contributed by atoms with E-state index in [4.69, 9.17) is 0 Å².